The monoisotopic (exact) mass is 293 g/mol. The maximum Gasteiger partial charge on any atom is 0.161 e. The van der Waals surface area contributed by atoms with E-state index >= 15 is 0 Å². The van der Waals surface area contributed by atoms with Crippen molar-refractivity contribution in [1.29, 1.82) is 0 Å². The lowest BCUT2D eigenvalue weighted by atomic mass is 9.84. The normalized spacial score (nSPS) is 15.1. The summed E-state index contributed by atoms with van der Waals surface area (Å²) in [4.78, 5) is 17.2. The van der Waals surface area contributed by atoms with Gasteiger partial charge in [0.1, 0.15) is 6.04 Å². The van der Waals surface area contributed by atoms with Crippen LogP contribution in [0.4, 0.5) is 0 Å². The Kier molecular flexibility index (Phi) is 4.74. The zero-order valence-electron chi connectivity index (χ0n) is 15.0. The van der Waals surface area contributed by atoms with Crippen LogP contribution in [0.1, 0.15) is 74.0 Å². The van der Waals surface area contributed by atoms with Crippen LogP contribution in [0.25, 0.3) is 0 Å². The standard InChI is InChI=1S/C17H31N3O/c1-15(2,3)14(21)13(19-16(4,5)6)12-10-18-11-20(12)17(7,8)9/h10-11,13,19H,1-9H3. The van der Waals surface area contributed by atoms with Crippen molar-refractivity contribution in [3.8, 4) is 0 Å². The lowest BCUT2D eigenvalue weighted by Crippen LogP contribution is -2.46. The number of imidazole rings is 1. The van der Waals surface area contributed by atoms with Crippen LogP contribution in [0.3, 0.4) is 0 Å². The first-order chi connectivity index (χ1) is 9.23. The summed E-state index contributed by atoms with van der Waals surface area (Å²) in [5, 5.41) is 3.47. The fourth-order valence-electron chi connectivity index (χ4n) is 2.22. The van der Waals surface area contributed by atoms with E-state index in [0.717, 1.165) is 5.69 Å². The van der Waals surface area contributed by atoms with Crippen molar-refractivity contribution >= 4 is 5.78 Å². The topological polar surface area (TPSA) is 46.9 Å². The first-order valence-electron chi connectivity index (χ1n) is 7.58. The molecule has 0 saturated carbocycles. The molecule has 1 aromatic rings. The quantitative estimate of drug-likeness (QED) is 0.924. The van der Waals surface area contributed by atoms with E-state index in [1.807, 2.05) is 27.1 Å². The molecule has 1 unspecified atom stereocenters. The molecule has 4 heteroatoms. The molecule has 120 valence electrons. The van der Waals surface area contributed by atoms with Gasteiger partial charge in [-0.25, -0.2) is 4.98 Å². The molecule has 21 heavy (non-hydrogen) atoms. The minimum atomic E-state index is -0.407. The Morgan fingerprint density at radius 2 is 1.62 bits per heavy atom. The Bertz CT molecular complexity index is 495. The Balaban J connectivity index is 3.33. The van der Waals surface area contributed by atoms with Gasteiger partial charge in [-0.05, 0) is 41.5 Å². The molecule has 0 aromatic carbocycles. The van der Waals surface area contributed by atoms with Crippen molar-refractivity contribution in [2.45, 2.75) is 79.4 Å². The molecule has 1 heterocycles. The van der Waals surface area contributed by atoms with Crippen LogP contribution in [-0.4, -0.2) is 20.9 Å². The van der Waals surface area contributed by atoms with E-state index in [9.17, 15) is 4.79 Å². The van der Waals surface area contributed by atoms with E-state index < -0.39 is 5.41 Å². The van der Waals surface area contributed by atoms with E-state index in [0.29, 0.717) is 0 Å². The number of rotatable bonds is 3. The second kappa shape index (κ2) is 5.56. The summed E-state index contributed by atoms with van der Waals surface area (Å²) in [7, 11) is 0. The summed E-state index contributed by atoms with van der Waals surface area (Å²) in [6.45, 7) is 18.5. The molecular weight excluding hydrogens is 262 g/mol. The molecule has 0 aliphatic rings. The molecule has 4 nitrogen and oxygen atoms in total. The average Bonchev–Trinajstić information content (AvgIpc) is 2.70. The molecule has 0 bridgehead atoms. The van der Waals surface area contributed by atoms with E-state index in [-0.39, 0.29) is 22.9 Å². The van der Waals surface area contributed by atoms with E-state index in [1.54, 1.807) is 6.20 Å². The van der Waals surface area contributed by atoms with Gasteiger partial charge in [-0.15, -0.1) is 0 Å². The molecule has 0 spiro atoms. The second-order valence-corrected chi connectivity index (χ2v) is 8.80. The highest BCUT2D eigenvalue weighted by atomic mass is 16.1. The average molecular weight is 293 g/mol. The third kappa shape index (κ3) is 4.67. The van der Waals surface area contributed by atoms with Gasteiger partial charge >= 0.3 is 0 Å². The molecular formula is C17H31N3O. The van der Waals surface area contributed by atoms with Gasteiger partial charge in [-0.3, -0.25) is 10.1 Å². The first kappa shape index (κ1) is 17.9. The number of aromatic nitrogens is 2. The number of carbonyl (C=O) groups excluding carboxylic acids is 1. The third-order valence-corrected chi connectivity index (χ3v) is 3.26. The van der Waals surface area contributed by atoms with E-state index in [4.69, 9.17) is 0 Å². The van der Waals surface area contributed by atoms with Crippen LogP contribution in [0.15, 0.2) is 12.5 Å². The highest BCUT2D eigenvalue weighted by molar-refractivity contribution is 5.89. The van der Waals surface area contributed by atoms with Gasteiger partial charge in [0.15, 0.2) is 5.78 Å². The molecule has 1 rings (SSSR count). The Hall–Kier alpha value is -1.16. The van der Waals surface area contributed by atoms with Crippen molar-refractivity contribution in [1.82, 2.24) is 14.9 Å². The zero-order chi connectivity index (χ0) is 16.6. The molecule has 1 atom stereocenters. The summed E-state index contributed by atoms with van der Waals surface area (Å²) in [6.07, 6.45) is 3.61. The predicted octanol–water partition coefficient (Wildman–Crippen LogP) is 3.68. The smallest absolute Gasteiger partial charge is 0.161 e. The Morgan fingerprint density at radius 3 is 2.00 bits per heavy atom. The van der Waals surface area contributed by atoms with Crippen molar-refractivity contribution in [2.75, 3.05) is 0 Å². The number of nitrogens with zero attached hydrogens (tertiary/aromatic N) is 2. The van der Waals surface area contributed by atoms with Crippen molar-refractivity contribution < 1.29 is 4.79 Å². The van der Waals surface area contributed by atoms with E-state index in [1.165, 1.54) is 0 Å². The van der Waals surface area contributed by atoms with Gasteiger partial charge in [0.2, 0.25) is 0 Å². The minimum absolute atomic E-state index is 0.109. The highest BCUT2D eigenvalue weighted by Crippen LogP contribution is 2.30. The van der Waals surface area contributed by atoms with Gasteiger partial charge in [0.25, 0.3) is 0 Å². The Labute approximate surface area is 129 Å². The van der Waals surface area contributed by atoms with Crippen LogP contribution in [0.2, 0.25) is 0 Å². The van der Waals surface area contributed by atoms with Crippen LogP contribution in [0.5, 0.6) is 0 Å². The molecule has 0 amide bonds. The molecule has 1 aromatic heterocycles. The van der Waals surface area contributed by atoms with Gasteiger partial charge in [0, 0.05) is 16.5 Å². The van der Waals surface area contributed by atoms with Crippen LogP contribution >= 0.6 is 0 Å². The fraction of sp³-hybridized carbons (Fsp3) is 0.765. The van der Waals surface area contributed by atoms with Gasteiger partial charge in [-0.2, -0.15) is 0 Å². The summed E-state index contributed by atoms with van der Waals surface area (Å²) < 4.78 is 2.08. The predicted molar refractivity (Wildman–Crippen MR) is 87.3 cm³/mol. The maximum atomic E-state index is 12.9. The molecule has 0 radical (unpaired) electrons. The lowest BCUT2D eigenvalue weighted by Gasteiger charge is -2.34. The van der Waals surface area contributed by atoms with Crippen LogP contribution < -0.4 is 5.32 Å². The van der Waals surface area contributed by atoms with Crippen LogP contribution in [0, 0.1) is 5.41 Å². The molecule has 1 N–H and O–H groups in total. The van der Waals surface area contributed by atoms with Crippen molar-refractivity contribution in [3.05, 3.63) is 18.2 Å². The minimum Gasteiger partial charge on any atom is -0.327 e. The molecule has 0 aliphatic carbocycles. The number of hydrogen-bond acceptors (Lipinski definition) is 3. The number of Topliss-reactive ketones (excluding diaryl/α,β-unsaturated/α-hetero) is 1. The SMILES string of the molecule is CC(C)(C)NC(C(=O)C(C)(C)C)c1cncn1C(C)(C)C. The first-order valence-corrected chi connectivity index (χ1v) is 7.58. The molecule has 0 saturated heterocycles. The highest BCUT2D eigenvalue weighted by Gasteiger charge is 2.36. The molecule has 0 aliphatic heterocycles. The van der Waals surface area contributed by atoms with E-state index in [2.05, 4.69) is 56.4 Å². The third-order valence-electron chi connectivity index (χ3n) is 3.26. The largest absolute Gasteiger partial charge is 0.327 e. The number of ketones is 1. The second-order valence-electron chi connectivity index (χ2n) is 8.80. The Morgan fingerprint density at radius 1 is 1.10 bits per heavy atom. The maximum absolute atomic E-state index is 12.9. The fourth-order valence-corrected chi connectivity index (χ4v) is 2.22. The zero-order valence-corrected chi connectivity index (χ0v) is 15.0. The van der Waals surface area contributed by atoms with Gasteiger partial charge in [-0.1, -0.05) is 20.8 Å². The number of carbonyl (C=O) groups is 1. The van der Waals surface area contributed by atoms with Crippen molar-refractivity contribution in [2.24, 2.45) is 5.41 Å². The lowest BCUT2D eigenvalue weighted by molar-refractivity contribution is -0.129. The summed E-state index contributed by atoms with van der Waals surface area (Å²) in [6, 6.07) is -0.355. The molecule has 0 fully saturated rings. The summed E-state index contributed by atoms with van der Waals surface area (Å²) in [5.41, 5.74) is 0.258. The van der Waals surface area contributed by atoms with Crippen molar-refractivity contribution in [3.63, 3.8) is 0 Å². The van der Waals surface area contributed by atoms with Gasteiger partial charge in [0.05, 0.1) is 18.2 Å². The van der Waals surface area contributed by atoms with Crippen LogP contribution in [-0.2, 0) is 10.3 Å². The number of hydrogen-bond donors (Lipinski definition) is 1. The summed E-state index contributed by atoms with van der Waals surface area (Å²) >= 11 is 0. The number of nitrogens with one attached hydrogen (secondary N) is 1. The summed E-state index contributed by atoms with van der Waals surface area (Å²) in [5.74, 6) is 0.184. The van der Waals surface area contributed by atoms with Gasteiger partial charge < -0.3 is 4.57 Å².